The van der Waals surface area contributed by atoms with E-state index in [1.807, 2.05) is 61.1 Å². The van der Waals surface area contributed by atoms with Crippen LogP contribution < -0.4 is 5.32 Å². The molecule has 0 aliphatic rings. The Hall–Kier alpha value is -3.12. The van der Waals surface area contributed by atoms with Gasteiger partial charge in [-0.1, -0.05) is 24.3 Å². The number of carbonyl (C=O) groups excluding carboxylic acids is 1. The summed E-state index contributed by atoms with van der Waals surface area (Å²) in [5.74, 6) is -0.0574. The molecule has 3 heterocycles. The summed E-state index contributed by atoms with van der Waals surface area (Å²) < 4.78 is 4.00. The largest absolute Gasteiger partial charge is 0.348 e. The molecule has 0 fully saturated rings. The molecule has 1 amide bonds. The van der Waals surface area contributed by atoms with Gasteiger partial charge in [0.2, 0.25) is 0 Å². The fourth-order valence-electron chi connectivity index (χ4n) is 3.28. The highest BCUT2D eigenvalue weighted by Gasteiger charge is 2.16. The van der Waals surface area contributed by atoms with E-state index in [4.69, 9.17) is 0 Å². The van der Waals surface area contributed by atoms with Crippen molar-refractivity contribution in [3.8, 4) is 5.69 Å². The van der Waals surface area contributed by atoms with Crippen LogP contribution >= 0.6 is 11.3 Å². The Morgan fingerprint density at radius 1 is 1.14 bits per heavy atom. The molecule has 0 aliphatic heterocycles. The van der Waals surface area contributed by atoms with Crippen molar-refractivity contribution in [3.05, 3.63) is 93.7 Å². The van der Waals surface area contributed by atoms with E-state index in [9.17, 15) is 4.79 Å². The van der Waals surface area contributed by atoms with Crippen LogP contribution in [0.1, 0.15) is 32.2 Å². The SMILES string of the molecule is Cc1cc(C(=O)NCc2cnn(-c3ccccc3)c2)c(C)n1Cc1cccs1. The highest BCUT2D eigenvalue weighted by atomic mass is 32.1. The van der Waals surface area contributed by atoms with Crippen LogP contribution in [0.25, 0.3) is 5.69 Å². The van der Waals surface area contributed by atoms with Crippen molar-refractivity contribution in [1.29, 1.82) is 0 Å². The van der Waals surface area contributed by atoms with Crippen LogP contribution in [0.5, 0.6) is 0 Å². The third-order valence-electron chi connectivity index (χ3n) is 4.82. The van der Waals surface area contributed by atoms with Gasteiger partial charge in [0.25, 0.3) is 5.91 Å². The van der Waals surface area contributed by atoms with Gasteiger partial charge in [-0.3, -0.25) is 4.79 Å². The van der Waals surface area contributed by atoms with Crippen molar-refractivity contribution in [1.82, 2.24) is 19.7 Å². The zero-order valence-electron chi connectivity index (χ0n) is 15.9. The molecule has 0 unspecified atom stereocenters. The third-order valence-corrected chi connectivity index (χ3v) is 5.68. The highest BCUT2D eigenvalue weighted by Crippen LogP contribution is 2.19. The summed E-state index contributed by atoms with van der Waals surface area (Å²) in [6.07, 6.45) is 3.73. The molecule has 5 nitrogen and oxygen atoms in total. The number of thiophene rings is 1. The van der Waals surface area contributed by atoms with Crippen LogP contribution in [0.4, 0.5) is 0 Å². The van der Waals surface area contributed by atoms with Crippen LogP contribution in [0.2, 0.25) is 0 Å². The second-order valence-corrected chi connectivity index (χ2v) is 7.79. The lowest BCUT2D eigenvalue weighted by Crippen LogP contribution is -2.23. The van der Waals surface area contributed by atoms with Crippen LogP contribution in [0, 0.1) is 13.8 Å². The van der Waals surface area contributed by atoms with E-state index < -0.39 is 0 Å². The maximum Gasteiger partial charge on any atom is 0.253 e. The molecule has 6 heteroatoms. The van der Waals surface area contributed by atoms with Gasteiger partial charge in [-0.2, -0.15) is 5.10 Å². The van der Waals surface area contributed by atoms with Crippen molar-refractivity contribution < 1.29 is 4.79 Å². The fraction of sp³-hybridized carbons (Fsp3) is 0.182. The van der Waals surface area contributed by atoms with Gasteiger partial charge in [-0.25, -0.2) is 4.68 Å². The average Bonchev–Trinajstić information content (AvgIpc) is 3.45. The predicted octanol–water partition coefficient (Wildman–Crippen LogP) is 4.33. The van der Waals surface area contributed by atoms with E-state index in [1.165, 1.54) is 4.88 Å². The van der Waals surface area contributed by atoms with E-state index in [0.717, 1.165) is 34.7 Å². The van der Waals surface area contributed by atoms with Gasteiger partial charge in [-0.15, -0.1) is 11.3 Å². The standard InChI is InChI=1S/C22H22N4OS/c1-16-11-21(17(2)25(16)15-20-9-6-10-28-20)22(27)23-12-18-13-24-26(14-18)19-7-4-3-5-8-19/h3-11,13-14H,12,15H2,1-2H3,(H,23,27). The zero-order valence-corrected chi connectivity index (χ0v) is 16.7. The number of nitrogens with one attached hydrogen (secondary N) is 1. The number of benzene rings is 1. The molecule has 0 spiro atoms. The molecule has 0 bridgehead atoms. The lowest BCUT2D eigenvalue weighted by molar-refractivity contribution is 0.0950. The van der Waals surface area contributed by atoms with Crippen LogP contribution in [0.3, 0.4) is 0 Å². The lowest BCUT2D eigenvalue weighted by atomic mass is 10.2. The molecule has 0 aliphatic carbocycles. The van der Waals surface area contributed by atoms with Gasteiger partial charge in [0, 0.05) is 34.6 Å². The maximum absolute atomic E-state index is 12.7. The van der Waals surface area contributed by atoms with Crippen LogP contribution in [-0.2, 0) is 13.1 Å². The Bertz CT molecular complexity index is 1080. The minimum absolute atomic E-state index is 0.0574. The number of aromatic nitrogens is 3. The summed E-state index contributed by atoms with van der Waals surface area (Å²) >= 11 is 1.73. The third kappa shape index (κ3) is 3.77. The number of rotatable bonds is 6. The topological polar surface area (TPSA) is 51.9 Å². The fourth-order valence-corrected chi connectivity index (χ4v) is 3.98. The van der Waals surface area contributed by atoms with E-state index in [1.54, 1.807) is 17.5 Å². The van der Waals surface area contributed by atoms with Gasteiger partial charge < -0.3 is 9.88 Å². The molecule has 4 aromatic rings. The maximum atomic E-state index is 12.7. The monoisotopic (exact) mass is 390 g/mol. The van der Waals surface area contributed by atoms with Gasteiger partial charge in [0.15, 0.2) is 0 Å². The first-order valence-corrected chi connectivity index (χ1v) is 10.1. The first-order valence-electron chi connectivity index (χ1n) is 9.18. The number of carbonyl (C=O) groups is 1. The number of aryl methyl sites for hydroxylation is 1. The summed E-state index contributed by atoms with van der Waals surface area (Å²) in [6, 6.07) is 16.1. The molecule has 1 N–H and O–H groups in total. The van der Waals surface area contributed by atoms with E-state index >= 15 is 0 Å². The normalized spacial score (nSPS) is 10.9. The molecule has 3 aromatic heterocycles. The zero-order chi connectivity index (χ0) is 19.5. The molecular weight excluding hydrogens is 368 g/mol. The second kappa shape index (κ2) is 7.86. The van der Waals surface area contributed by atoms with Crippen LogP contribution in [0.15, 0.2) is 66.3 Å². The Balaban J connectivity index is 1.44. The molecule has 0 atom stereocenters. The molecule has 0 saturated carbocycles. The number of hydrogen-bond donors (Lipinski definition) is 1. The van der Waals surface area contributed by atoms with Gasteiger partial charge in [0.1, 0.15) is 0 Å². The summed E-state index contributed by atoms with van der Waals surface area (Å²) in [6.45, 7) is 5.29. The Morgan fingerprint density at radius 3 is 2.71 bits per heavy atom. The molecule has 142 valence electrons. The van der Waals surface area contributed by atoms with Crippen molar-refractivity contribution >= 4 is 17.2 Å². The molecule has 0 saturated heterocycles. The van der Waals surface area contributed by atoms with E-state index in [0.29, 0.717) is 6.54 Å². The average molecular weight is 391 g/mol. The van der Waals surface area contributed by atoms with E-state index in [2.05, 4.69) is 32.5 Å². The van der Waals surface area contributed by atoms with E-state index in [-0.39, 0.29) is 5.91 Å². The van der Waals surface area contributed by atoms with Crippen molar-refractivity contribution in [2.75, 3.05) is 0 Å². The summed E-state index contributed by atoms with van der Waals surface area (Å²) in [5.41, 5.74) is 4.77. The Kier molecular flexibility index (Phi) is 5.12. The molecule has 0 radical (unpaired) electrons. The number of amides is 1. The number of nitrogens with zero attached hydrogens (tertiary/aromatic N) is 3. The minimum Gasteiger partial charge on any atom is -0.348 e. The van der Waals surface area contributed by atoms with Gasteiger partial charge in [0.05, 0.1) is 24.0 Å². The first-order chi connectivity index (χ1) is 13.6. The number of hydrogen-bond acceptors (Lipinski definition) is 3. The second-order valence-electron chi connectivity index (χ2n) is 6.76. The molecule has 4 rings (SSSR count). The molecule has 28 heavy (non-hydrogen) atoms. The quantitative estimate of drug-likeness (QED) is 0.533. The molecule has 1 aromatic carbocycles. The Labute approximate surface area is 168 Å². The summed E-state index contributed by atoms with van der Waals surface area (Å²) in [5, 5.41) is 9.47. The lowest BCUT2D eigenvalue weighted by Gasteiger charge is -2.08. The first kappa shape index (κ1) is 18.3. The van der Waals surface area contributed by atoms with Crippen molar-refractivity contribution in [3.63, 3.8) is 0 Å². The minimum atomic E-state index is -0.0574. The smallest absolute Gasteiger partial charge is 0.253 e. The summed E-state index contributed by atoms with van der Waals surface area (Å²) in [4.78, 5) is 14.0. The van der Waals surface area contributed by atoms with Gasteiger partial charge >= 0.3 is 0 Å². The predicted molar refractivity (Wildman–Crippen MR) is 112 cm³/mol. The molecular formula is C22H22N4OS. The number of para-hydroxylation sites is 1. The Morgan fingerprint density at radius 2 is 1.96 bits per heavy atom. The van der Waals surface area contributed by atoms with Gasteiger partial charge in [-0.05, 0) is 43.5 Å². The van der Waals surface area contributed by atoms with Crippen molar-refractivity contribution in [2.24, 2.45) is 0 Å². The van der Waals surface area contributed by atoms with Crippen LogP contribution in [-0.4, -0.2) is 20.3 Å². The highest BCUT2D eigenvalue weighted by molar-refractivity contribution is 7.09. The van der Waals surface area contributed by atoms with Crippen molar-refractivity contribution in [2.45, 2.75) is 26.9 Å². The summed E-state index contributed by atoms with van der Waals surface area (Å²) in [7, 11) is 0.